The van der Waals surface area contributed by atoms with Crippen molar-refractivity contribution in [3.8, 4) is 0 Å². The first kappa shape index (κ1) is 7.56. The molecule has 0 unspecified atom stereocenters. The van der Waals surface area contributed by atoms with Crippen molar-refractivity contribution in [1.82, 2.24) is 0 Å². The molecule has 0 aliphatic carbocycles. The van der Waals surface area contributed by atoms with E-state index in [1.165, 1.54) is 16.7 Å². The highest BCUT2D eigenvalue weighted by Gasteiger charge is 2.10. The van der Waals surface area contributed by atoms with Crippen LogP contribution in [0.1, 0.15) is 0 Å². The largest absolute Gasteiger partial charge is 0.397 e. The Balaban J connectivity index is 3.32. The molecule has 1 aromatic rings. The predicted molar refractivity (Wildman–Crippen MR) is 41.8 cm³/mol. The van der Waals surface area contributed by atoms with E-state index in [-0.39, 0.29) is 4.90 Å². The van der Waals surface area contributed by atoms with Gasteiger partial charge >= 0.3 is 0 Å². The van der Waals surface area contributed by atoms with Crippen molar-refractivity contribution in [3.63, 3.8) is 0 Å². The second kappa shape index (κ2) is 2.25. The maximum atomic E-state index is 10.8. The van der Waals surface area contributed by atoms with Crippen LogP contribution in [-0.4, -0.2) is 14.7 Å². The molecule has 0 aromatic carbocycles. The van der Waals surface area contributed by atoms with Gasteiger partial charge in [-0.15, -0.1) is 11.3 Å². The zero-order valence-electron chi connectivity index (χ0n) is 5.37. The van der Waals surface area contributed by atoms with E-state index in [4.69, 9.17) is 5.73 Å². The lowest BCUT2D eigenvalue weighted by Gasteiger charge is -1.92. The van der Waals surface area contributed by atoms with Gasteiger partial charge in [0.2, 0.25) is 0 Å². The van der Waals surface area contributed by atoms with Crippen molar-refractivity contribution >= 4 is 26.9 Å². The summed E-state index contributed by atoms with van der Waals surface area (Å²) in [6, 6.07) is 0. The van der Waals surface area contributed by atoms with Crippen molar-refractivity contribution in [1.29, 1.82) is 0 Å². The number of sulfone groups is 1. The van der Waals surface area contributed by atoms with Crippen LogP contribution in [0.5, 0.6) is 0 Å². The molecule has 0 amide bonds. The quantitative estimate of drug-likeness (QED) is 0.688. The first-order valence-electron chi connectivity index (χ1n) is 2.53. The molecule has 0 atom stereocenters. The topological polar surface area (TPSA) is 60.2 Å². The molecule has 10 heavy (non-hydrogen) atoms. The third-order valence-electron chi connectivity index (χ3n) is 1.05. The van der Waals surface area contributed by atoms with Gasteiger partial charge in [-0.3, -0.25) is 0 Å². The van der Waals surface area contributed by atoms with E-state index >= 15 is 0 Å². The first-order valence-corrected chi connectivity index (χ1v) is 5.37. The molecule has 1 aromatic heterocycles. The second-order valence-electron chi connectivity index (χ2n) is 1.96. The fraction of sp³-hybridized carbons (Fsp3) is 0.200. The predicted octanol–water partition coefficient (Wildman–Crippen LogP) is 0.734. The van der Waals surface area contributed by atoms with Crippen LogP contribution >= 0.6 is 11.3 Å². The highest BCUT2D eigenvalue weighted by molar-refractivity contribution is 7.91. The summed E-state index contributed by atoms with van der Waals surface area (Å²) in [6.07, 6.45) is 1.14. The van der Waals surface area contributed by atoms with Crippen molar-refractivity contribution in [2.45, 2.75) is 4.90 Å². The molecule has 0 aliphatic rings. The van der Waals surface area contributed by atoms with Gasteiger partial charge in [0.05, 0.1) is 5.69 Å². The summed E-state index contributed by atoms with van der Waals surface area (Å²) in [7, 11) is -3.10. The molecule has 0 spiro atoms. The van der Waals surface area contributed by atoms with Crippen molar-refractivity contribution in [2.24, 2.45) is 0 Å². The van der Waals surface area contributed by atoms with Crippen molar-refractivity contribution in [2.75, 3.05) is 12.0 Å². The Hall–Kier alpha value is -0.550. The van der Waals surface area contributed by atoms with Crippen LogP contribution in [0.3, 0.4) is 0 Å². The van der Waals surface area contributed by atoms with Gasteiger partial charge in [0.25, 0.3) is 0 Å². The molecular weight excluding hydrogens is 170 g/mol. The lowest BCUT2D eigenvalue weighted by molar-refractivity contribution is 0.602. The van der Waals surface area contributed by atoms with Crippen LogP contribution in [0.4, 0.5) is 5.69 Å². The van der Waals surface area contributed by atoms with E-state index in [1.807, 2.05) is 0 Å². The highest BCUT2D eigenvalue weighted by atomic mass is 32.2. The Morgan fingerprint density at radius 3 is 2.30 bits per heavy atom. The molecule has 1 rings (SSSR count). The smallest absolute Gasteiger partial charge is 0.178 e. The molecule has 0 bridgehead atoms. The molecule has 3 nitrogen and oxygen atoms in total. The Labute approximate surface area is 63.4 Å². The van der Waals surface area contributed by atoms with E-state index in [0.717, 1.165) is 6.26 Å². The number of rotatable bonds is 1. The minimum Gasteiger partial charge on any atom is -0.397 e. The van der Waals surface area contributed by atoms with Gasteiger partial charge in [-0.05, 0) is 0 Å². The molecule has 0 saturated carbocycles. The maximum absolute atomic E-state index is 10.8. The van der Waals surface area contributed by atoms with Crippen LogP contribution in [0.2, 0.25) is 0 Å². The molecule has 5 heteroatoms. The molecule has 0 aliphatic heterocycles. The summed E-state index contributed by atoms with van der Waals surface area (Å²) in [6.45, 7) is 0. The number of hydrogen-bond acceptors (Lipinski definition) is 4. The summed E-state index contributed by atoms with van der Waals surface area (Å²) in [4.78, 5) is 0.234. The second-order valence-corrected chi connectivity index (χ2v) is 4.69. The minimum absolute atomic E-state index is 0.234. The molecule has 56 valence electrons. The Bertz CT molecular complexity index is 325. The van der Waals surface area contributed by atoms with Crippen LogP contribution < -0.4 is 5.73 Å². The van der Waals surface area contributed by atoms with E-state index < -0.39 is 9.84 Å². The van der Waals surface area contributed by atoms with Crippen LogP contribution in [-0.2, 0) is 9.84 Å². The summed E-state index contributed by atoms with van der Waals surface area (Å²) in [5.41, 5.74) is 5.70. The molecular formula is C5H7NO2S2. The van der Waals surface area contributed by atoms with Gasteiger partial charge in [-0.25, -0.2) is 8.42 Å². The van der Waals surface area contributed by atoms with E-state index in [1.54, 1.807) is 5.38 Å². The summed E-state index contributed by atoms with van der Waals surface area (Å²) in [5, 5.41) is 3.14. The lowest BCUT2D eigenvalue weighted by atomic mass is 10.6. The Morgan fingerprint density at radius 1 is 1.50 bits per heavy atom. The van der Waals surface area contributed by atoms with E-state index in [9.17, 15) is 8.42 Å². The monoisotopic (exact) mass is 177 g/mol. The third kappa shape index (κ3) is 1.30. The average Bonchev–Trinajstić information content (AvgIpc) is 2.11. The zero-order chi connectivity index (χ0) is 7.78. The minimum atomic E-state index is -3.10. The summed E-state index contributed by atoms with van der Waals surface area (Å²) < 4.78 is 21.7. The normalized spacial score (nSPS) is 11.7. The van der Waals surface area contributed by atoms with Crippen molar-refractivity contribution in [3.05, 3.63) is 10.8 Å². The third-order valence-corrected chi connectivity index (χ3v) is 3.12. The summed E-state index contributed by atoms with van der Waals surface area (Å²) in [5.74, 6) is 0. The van der Waals surface area contributed by atoms with Gasteiger partial charge < -0.3 is 5.73 Å². The molecule has 2 N–H and O–H groups in total. The van der Waals surface area contributed by atoms with Gasteiger partial charge in [-0.2, -0.15) is 0 Å². The fourth-order valence-electron chi connectivity index (χ4n) is 0.597. The van der Waals surface area contributed by atoms with E-state index in [2.05, 4.69) is 0 Å². The molecule has 0 radical (unpaired) electrons. The van der Waals surface area contributed by atoms with Crippen LogP contribution in [0, 0.1) is 0 Å². The number of anilines is 1. The Morgan fingerprint density at radius 2 is 2.10 bits per heavy atom. The zero-order valence-corrected chi connectivity index (χ0v) is 7.00. The van der Waals surface area contributed by atoms with Gasteiger partial charge in [0.1, 0.15) is 4.90 Å². The lowest BCUT2D eigenvalue weighted by Crippen LogP contribution is -1.98. The standard InChI is InChI=1S/C5H7NO2S2/c1-10(7,8)5-3-9-2-4(5)6/h2-3H,6H2,1H3. The average molecular weight is 177 g/mol. The van der Waals surface area contributed by atoms with Crippen LogP contribution in [0.15, 0.2) is 15.7 Å². The van der Waals surface area contributed by atoms with Crippen LogP contribution in [0.25, 0.3) is 0 Å². The highest BCUT2D eigenvalue weighted by Crippen LogP contribution is 2.21. The number of thiophene rings is 1. The fourth-order valence-corrected chi connectivity index (χ4v) is 2.63. The summed E-state index contributed by atoms with van der Waals surface area (Å²) >= 11 is 1.29. The molecule has 0 saturated heterocycles. The number of nitrogens with two attached hydrogens (primary N) is 1. The molecule has 1 heterocycles. The van der Waals surface area contributed by atoms with Gasteiger partial charge in [0, 0.05) is 17.0 Å². The number of hydrogen-bond donors (Lipinski definition) is 1. The number of nitrogen functional groups attached to an aromatic ring is 1. The molecule has 0 fully saturated rings. The van der Waals surface area contributed by atoms with Crippen molar-refractivity contribution < 1.29 is 8.42 Å². The maximum Gasteiger partial charge on any atom is 0.178 e. The first-order chi connectivity index (χ1) is 4.52. The van der Waals surface area contributed by atoms with Gasteiger partial charge in [0.15, 0.2) is 9.84 Å². The van der Waals surface area contributed by atoms with E-state index in [0.29, 0.717) is 5.69 Å². The van der Waals surface area contributed by atoms with Gasteiger partial charge in [-0.1, -0.05) is 0 Å². The SMILES string of the molecule is CS(=O)(=O)c1cscc1N. The Kier molecular flexibility index (Phi) is 1.70.